The number of nitrogens with one attached hydrogen (secondary N) is 1. The van der Waals surface area contributed by atoms with Gasteiger partial charge in [-0.2, -0.15) is 0 Å². The van der Waals surface area contributed by atoms with Gasteiger partial charge in [-0.1, -0.05) is 23.7 Å². The van der Waals surface area contributed by atoms with Crippen LogP contribution >= 0.6 is 11.6 Å². The van der Waals surface area contributed by atoms with Crippen LogP contribution in [0.5, 0.6) is 11.5 Å². The van der Waals surface area contributed by atoms with Crippen molar-refractivity contribution in [1.29, 1.82) is 0 Å². The predicted molar refractivity (Wildman–Crippen MR) is 92.5 cm³/mol. The average Bonchev–Trinajstić information content (AvgIpc) is 2.58. The molecule has 1 aromatic heterocycles. The molecule has 0 spiro atoms. The first-order valence-electron chi connectivity index (χ1n) is 7.17. The molecule has 3 rings (SSSR count). The van der Waals surface area contributed by atoms with Crippen molar-refractivity contribution in [3.8, 4) is 11.5 Å². The van der Waals surface area contributed by atoms with E-state index in [1.54, 1.807) is 43.5 Å². The van der Waals surface area contributed by atoms with Crippen molar-refractivity contribution in [2.24, 2.45) is 0 Å². The lowest BCUT2D eigenvalue weighted by molar-refractivity contribution is 0.354. The first-order valence-corrected chi connectivity index (χ1v) is 7.55. The molecule has 0 radical (unpaired) electrons. The van der Waals surface area contributed by atoms with Gasteiger partial charge in [0.1, 0.15) is 0 Å². The number of methoxy groups -OCH3 is 2. The van der Waals surface area contributed by atoms with Gasteiger partial charge in [0.05, 0.1) is 36.8 Å². The Hall–Kier alpha value is -2.73. The summed E-state index contributed by atoms with van der Waals surface area (Å²) < 4.78 is 11.8. The minimum absolute atomic E-state index is 0.184. The van der Waals surface area contributed by atoms with E-state index in [4.69, 9.17) is 21.1 Å². The summed E-state index contributed by atoms with van der Waals surface area (Å²) in [5.74, 6) is 1.13. The molecule has 2 aromatic carbocycles. The summed E-state index contributed by atoms with van der Waals surface area (Å²) in [5, 5.41) is 0.390. The normalized spacial score (nSPS) is 10.8. The van der Waals surface area contributed by atoms with Gasteiger partial charge >= 0.3 is 11.1 Å². The van der Waals surface area contributed by atoms with Crippen LogP contribution in [0.2, 0.25) is 5.02 Å². The highest BCUT2D eigenvalue weighted by molar-refractivity contribution is 6.34. The highest BCUT2D eigenvalue weighted by atomic mass is 35.5. The number of hydrogen-bond acceptors (Lipinski definition) is 4. The highest BCUT2D eigenvalue weighted by Crippen LogP contribution is 2.28. The third kappa shape index (κ3) is 2.76. The fourth-order valence-corrected chi connectivity index (χ4v) is 2.88. The summed E-state index contributed by atoms with van der Waals surface area (Å²) in [6.07, 6.45) is 0. The number of H-pyrrole nitrogens is 1. The van der Waals surface area contributed by atoms with Gasteiger partial charge in [0.2, 0.25) is 0 Å². The first-order chi connectivity index (χ1) is 11.5. The van der Waals surface area contributed by atoms with Crippen molar-refractivity contribution in [2.75, 3.05) is 14.2 Å². The highest BCUT2D eigenvalue weighted by Gasteiger charge is 2.12. The number of rotatable bonds is 4. The van der Waals surface area contributed by atoms with Gasteiger partial charge in [-0.15, -0.1) is 0 Å². The van der Waals surface area contributed by atoms with Crippen LogP contribution in [0, 0.1) is 0 Å². The molecule has 124 valence electrons. The van der Waals surface area contributed by atoms with E-state index >= 15 is 0 Å². The van der Waals surface area contributed by atoms with E-state index in [2.05, 4.69) is 4.98 Å². The van der Waals surface area contributed by atoms with Gasteiger partial charge in [-0.25, -0.2) is 0 Å². The van der Waals surface area contributed by atoms with Crippen LogP contribution < -0.4 is 20.6 Å². The number of aromatic amines is 1. The van der Waals surface area contributed by atoms with E-state index in [0.717, 1.165) is 5.56 Å². The molecule has 0 amide bonds. The van der Waals surface area contributed by atoms with E-state index in [1.807, 2.05) is 0 Å². The molecule has 0 aliphatic carbocycles. The van der Waals surface area contributed by atoms with Crippen molar-refractivity contribution in [1.82, 2.24) is 9.55 Å². The maximum Gasteiger partial charge on any atom is 0.317 e. The minimum atomic E-state index is -0.690. The van der Waals surface area contributed by atoms with Crippen LogP contribution in [-0.2, 0) is 6.54 Å². The van der Waals surface area contributed by atoms with Crippen molar-refractivity contribution >= 4 is 22.6 Å². The molecule has 0 aliphatic rings. The van der Waals surface area contributed by atoms with Gasteiger partial charge in [0.15, 0.2) is 11.5 Å². The summed E-state index contributed by atoms with van der Waals surface area (Å²) >= 11 is 6.23. The zero-order valence-corrected chi connectivity index (χ0v) is 13.9. The zero-order chi connectivity index (χ0) is 17.3. The number of aromatic nitrogens is 2. The molecule has 0 aliphatic heterocycles. The van der Waals surface area contributed by atoms with Crippen molar-refractivity contribution in [3.05, 3.63) is 67.7 Å². The number of fused-ring (bicyclic) bond motifs is 1. The Labute approximate surface area is 142 Å². The predicted octanol–water partition coefficient (Wildman–Crippen LogP) is 2.41. The van der Waals surface area contributed by atoms with Crippen molar-refractivity contribution in [2.45, 2.75) is 6.54 Å². The smallest absolute Gasteiger partial charge is 0.317 e. The Morgan fingerprint density at radius 2 is 1.83 bits per heavy atom. The molecule has 24 heavy (non-hydrogen) atoms. The van der Waals surface area contributed by atoms with Crippen LogP contribution in [0.25, 0.3) is 11.0 Å². The van der Waals surface area contributed by atoms with Gasteiger partial charge in [0.25, 0.3) is 0 Å². The van der Waals surface area contributed by atoms with E-state index < -0.39 is 11.1 Å². The zero-order valence-electron chi connectivity index (χ0n) is 13.1. The van der Waals surface area contributed by atoms with Crippen LogP contribution in [-0.4, -0.2) is 23.8 Å². The molecule has 0 bridgehead atoms. The molecule has 1 heterocycles. The third-order valence-corrected chi connectivity index (χ3v) is 4.04. The number of ether oxygens (including phenoxy) is 2. The number of hydrogen-bond donors (Lipinski definition) is 1. The van der Waals surface area contributed by atoms with Crippen LogP contribution in [0.15, 0.2) is 46.0 Å². The van der Waals surface area contributed by atoms with Crippen molar-refractivity contribution in [3.63, 3.8) is 0 Å². The third-order valence-electron chi connectivity index (χ3n) is 3.73. The molecule has 0 saturated carbocycles. The van der Waals surface area contributed by atoms with Gasteiger partial charge in [-0.05, 0) is 29.8 Å². The second-order valence-corrected chi connectivity index (χ2v) is 5.58. The Morgan fingerprint density at radius 1 is 1.08 bits per heavy atom. The minimum Gasteiger partial charge on any atom is -0.493 e. The summed E-state index contributed by atoms with van der Waals surface area (Å²) in [6.45, 7) is 0.184. The molecule has 0 fully saturated rings. The number of nitrogens with zero attached hydrogens (tertiary/aromatic N) is 1. The Balaban J connectivity index is 2.19. The lowest BCUT2D eigenvalue weighted by Gasteiger charge is -2.13. The Bertz CT molecular complexity index is 1020. The van der Waals surface area contributed by atoms with E-state index in [-0.39, 0.29) is 6.54 Å². The summed E-state index contributed by atoms with van der Waals surface area (Å²) in [6, 6.07) is 10.4. The van der Waals surface area contributed by atoms with Crippen LogP contribution in [0.1, 0.15) is 5.56 Å². The Morgan fingerprint density at radius 3 is 2.54 bits per heavy atom. The van der Waals surface area contributed by atoms with E-state index in [0.29, 0.717) is 27.6 Å². The second-order valence-electron chi connectivity index (χ2n) is 5.17. The largest absolute Gasteiger partial charge is 0.493 e. The van der Waals surface area contributed by atoms with Gasteiger partial charge in [-0.3, -0.25) is 14.2 Å². The maximum absolute atomic E-state index is 12.3. The summed E-state index contributed by atoms with van der Waals surface area (Å²) in [5.41, 5.74) is 0.420. The SMILES string of the molecule is COc1ccc(Cn2c(=O)c(=O)[nH]c3cccc(Cl)c32)cc1OC. The quantitative estimate of drug-likeness (QED) is 0.736. The first kappa shape index (κ1) is 16.1. The Kier molecular flexibility index (Phi) is 4.31. The summed E-state index contributed by atoms with van der Waals surface area (Å²) in [4.78, 5) is 26.8. The molecule has 0 saturated heterocycles. The fourth-order valence-electron chi connectivity index (χ4n) is 2.60. The fraction of sp³-hybridized carbons (Fsp3) is 0.176. The number of para-hydroxylation sites is 1. The molecule has 3 aromatic rings. The topological polar surface area (TPSA) is 73.3 Å². The second kappa shape index (κ2) is 6.41. The van der Waals surface area contributed by atoms with E-state index in [9.17, 15) is 9.59 Å². The molecular formula is C17H15ClN2O4. The molecular weight excluding hydrogens is 332 g/mol. The maximum atomic E-state index is 12.3. The van der Waals surface area contributed by atoms with Crippen LogP contribution in [0.3, 0.4) is 0 Å². The molecule has 0 atom stereocenters. The number of benzene rings is 2. The monoisotopic (exact) mass is 346 g/mol. The number of halogens is 1. The molecule has 6 nitrogen and oxygen atoms in total. The van der Waals surface area contributed by atoms with E-state index in [1.165, 1.54) is 11.7 Å². The molecule has 0 unspecified atom stereocenters. The standard InChI is InChI=1S/C17H15ClN2O4/c1-23-13-7-6-10(8-14(13)24-2)9-20-15-11(18)4-3-5-12(15)19-16(21)17(20)22/h3-8H,9H2,1-2H3,(H,19,21). The lowest BCUT2D eigenvalue weighted by atomic mass is 10.2. The van der Waals surface area contributed by atoms with Gasteiger partial charge in [0, 0.05) is 0 Å². The average molecular weight is 347 g/mol. The van der Waals surface area contributed by atoms with Crippen LogP contribution in [0.4, 0.5) is 0 Å². The van der Waals surface area contributed by atoms with Gasteiger partial charge < -0.3 is 14.5 Å². The molecule has 1 N–H and O–H groups in total. The lowest BCUT2D eigenvalue weighted by Crippen LogP contribution is -2.36. The molecule has 7 heteroatoms. The summed E-state index contributed by atoms with van der Waals surface area (Å²) in [7, 11) is 3.08. The van der Waals surface area contributed by atoms with Crippen molar-refractivity contribution < 1.29 is 9.47 Å².